The van der Waals surface area contributed by atoms with Gasteiger partial charge in [-0.2, -0.15) is 0 Å². The van der Waals surface area contributed by atoms with E-state index in [2.05, 4.69) is 36.5 Å². The van der Waals surface area contributed by atoms with Crippen LogP contribution in [0.1, 0.15) is 25.0 Å². The second kappa shape index (κ2) is 7.09. The van der Waals surface area contributed by atoms with Gasteiger partial charge >= 0.3 is 0 Å². The van der Waals surface area contributed by atoms with E-state index in [0.29, 0.717) is 18.1 Å². The third-order valence-electron chi connectivity index (χ3n) is 3.66. The summed E-state index contributed by atoms with van der Waals surface area (Å²) in [4.78, 5) is 4.54. The molecular formula is C18H22N2O2. The van der Waals surface area contributed by atoms with E-state index in [4.69, 9.17) is 4.74 Å². The Balaban J connectivity index is 2.26. The number of hydroxylamine groups is 1. The molecule has 0 saturated heterocycles. The number of hydrogen-bond donors (Lipinski definition) is 2. The van der Waals surface area contributed by atoms with Crippen LogP contribution >= 0.6 is 0 Å². The minimum atomic E-state index is -0.134. The molecule has 0 aliphatic rings. The Morgan fingerprint density at radius 2 is 1.73 bits per heavy atom. The van der Waals surface area contributed by atoms with E-state index in [0.717, 1.165) is 5.56 Å². The summed E-state index contributed by atoms with van der Waals surface area (Å²) in [5.41, 5.74) is 3.99. The number of ether oxygens (including phenoxy) is 1. The third-order valence-corrected chi connectivity index (χ3v) is 3.66. The Morgan fingerprint density at radius 1 is 1.09 bits per heavy atom. The van der Waals surface area contributed by atoms with Gasteiger partial charge in [-0.1, -0.05) is 56.3 Å². The molecule has 22 heavy (non-hydrogen) atoms. The highest BCUT2D eigenvalue weighted by Gasteiger charge is 2.20. The molecule has 116 valence electrons. The molecule has 2 rings (SSSR count). The number of aliphatic imine (C=N–C) groups is 1. The monoisotopic (exact) mass is 298 g/mol. The van der Waals surface area contributed by atoms with Crippen LogP contribution < -0.4 is 10.2 Å². The van der Waals surface area contributed by atoms with Gasteiger partial charge in [-0.15, -0.1) is 0 Å². The van der Waals surface area contributed by atoms with Gasteiger partial charge in [0, 0.05) is 5.41 Å². The topological polar surface area (TPSA) is 53.8 Å². The number of nitrogens with zero attached hydrogens (tertiary/aromatic N) is 1. The van der Waals surface area contributed by atoms with Crippen LogP contribution in [0.3, 0.4) is 0 Å². The number of amidine groups is 1. The van der Waals surface area contributed by atoms with Crippen molar-refractivity contribution in [1.82, 2.24) is 5.48 Å². The summed E-state index contributed by atoms with van der Waals surface area (Å²) >= 11 is 0. The largest absolute Gasteiger partial charge is 0.496 e. The van der Waals surface area contributed by atoms with Crippen LogP contribution in [0.5, 0.6) is 5.75 Å². The van der Waals surface area contributed by atoms with Gasteiger partial charge in [-0.25, -0.2) is 0 Å². The predicted molar refractivity (Wildman–Crippen MR) is 88.8 cm³/mol. The molecule has 2 aromatic rings. The lowest BCUT2D eigenvalue weighted by atomic mass is 9.85. The first-order valence-corrected chi connectivity index (χ1v) is 7.22. The van der Waals surface area contributed by atoms with Gasteiger partial charge in [0.1, 0.15) is 5.75 Å². The lowest BCUT2D eigenvalue weighted by Crippen LogP contribution is -2.26. The Morgan fingerprint density at radius 3 is 2.36 bits per heavy atom. The number of rotatable bonds is 5. The van der Waals surface area contributed by atoms with Crippen LogP contribution in [0.15, 0.2) is 59.6 Å². The van der Waals surface area contributed by atoms with Crippen molar-refractivity contribution in [3.63, 3.8) is 0 Å². The van der Waals surface area contributed by atoms with E-state index >= 15 is 0 Å². The smallest absolute Gasteiger partial charge is 0.156 e. The number of methoxy groups -OCH3 is 1. The van der Waals surface area contributed by atoms with Gasteiger partial charge in [0.2, 0.25) is 0 Å². The molecule has 0 aromatic heterocycles. The van der Waals surface area contributed by atoms with Crippen molar-refractivity contribution < 1.29 is 9.94 Å². The first-order valence-electron chi connectivity index (χ1n) is 7.22. The quantitative estimate of drug-likeness (QED) is 0.505. The molecule has 4 heteroatoms. The van der Waals surface area contributed by atoms with Gasteiger partial charge in [0.25, 0.3) is 0 Å². The second-order valence-electron chi connectivity index (χ2n) is 5.73. The zero-order chi connectivity index (χ0) is 16.0. The highest BCUT2D eigenvalue weighted by Crippen LogP contribution is 2.24. The summed E-state index contributed by atoms with van der Waals surface area (Å²) < 4.78 is 5.31. The van der Waals surface area contributed by atoms with E-state index in [-0.39, 0.29) is 5.41 Å². The molecule has 0 heterocycles. The molecule has 2 aromatic carbocycles. The minimum Gasteiger partial charge on any atom is -0.496 e. The van der Waals surface area contributed by atoms with Crippen molar-refractivity contribution >= 4 is 5.84 Å². The normalized spacial score (nSPS) is 12.1. The van der Waals surface area contributed by atoms with Crippen LogP contribution in [0.2, 0.25) is 0 Å². The van der Waals surface area contributed by atoms with Crippen LogP contribution in [0, 0.1) is 0 Å². The fourth-order valence-electron chi connectivity index (χ4n) is 2.28. The van der Waals surface area contributed by atoms with Gasteiger partial charge in [0.05, 0.1) is 19.2 Å². The van der Waals surface area contributed by atoms with E-state index in [9.17, 15) is 5.21 Å². The van der Waals surface area contributed by atoms with Crippen molar-refractivity contribution in [2.45, 2.75) is 19.3 Å². The minimum absolute atomic E-state index is 0.134. The van der Waals surface area contributed by atoms with Crippen LogP contribution in [0.4, 0.5) is 0 Å². The van der Waals surface area contributed by atoms with Gasteiger partial charge < -0.3 is 4.74 Å². The van der Waals surface area contributed by atoms with Crippen LogP contribution in [-0.4, -0.2) is 24.7 Å². The van der Waals surface area contributed by atoms with E-state index in [1.807, 2.05) is 42.5 Å². The van der Waals surface area contributed by atoms with Gasteiger partial charge in [-0.3, -0.25) is 15.7 Å². The summed E-state index contributed by atoms with van der Waals surface area (Å²) in [6.45, 7) is 4.80. The molecule has 0 spiro atoms. The van der Waals surface area contributed by atoms with E-state index in [1.54, 1.807) is 7.11 Å². The average Bonchev–Trinajstić information content (AvgIpc) is 2.56. The maximum absolute atomic E-state index is 9.43. The molecule has 0 amide bonds. The Kier molecular flexibility index (Phi) is 5.17. The number of para-hydroxylation sites is 1. The van der Waals surface area contributed by atoms with Crippen molar-refractivity contribution in [2.24, 2.45) is 4.99 Å². The van der Waals surface area contributed by atoms with Gasteiger partial charge in [0.15, 0.2) is 5.84 Å². The summed E-state index contributed by atoms with van der Waals surface area (Å²) in [6, 6.07) is 17.7. The fraction of sp³-hybridized carbons (Fsp3) is 0.278. The molecule has 0 fully saturated rings. The lowest BCUT2D eigenvalue weighted by molar-refractivity contribution is 0.234. The molecule has 2 N–H and O–H groups in total. The number of nitrogens with one attached hydrogen (secondary N) is 1. The maximum Gasteiger partial charge on any atom is 0.156 e. The second-order valence-corrected chi connectivity index (χ2v) is 5.73. The molecule has 0 atom stereocenters. The van der Waals surface area contributed by atoms with Crippen LogP contribution in [0.25, 0.3) is 0 Å². The van der Waals surface area contributed by atoms with Crippen molar-refractivity contribution in [1.29, 1.82) is 0 Å². The van der Waals surface area contributed by atoms with E-state index < -0.39 is 0 Å². The first kappa shape index (κ1) is 16.0. The predicted octanol–water partition coefficient (Wildman–Crippen LogP) is 3.40. The third kappa shape index (κ3) is 3.65. The first-order chi connectivity index (χ1) is 10.6. The summed E-state index contributed by atoms with van der Waals surface area (Å²) in [5, 5.41) is 9.43. The van der Waals surface area contributed by atoms with Crippen molar-refractivity contribution in [2.75, 3.05) is 13.7 Å². The maximum atomic E-state index is 9.43. The molecular weight excluding hydrogens is 276 g/mol. The number of hydrogen-bond acceptors (Lipinski definition) is 3. The molecule has 0 aliphatic heterocycles. The molecule has 0 aliphatic carbocycles. The molecule has 0 unspecified atom stereocenters. The Labute approximate surface area is 131 Å². The Bertz CT molecular complexity index is 637. The Hall–Kier alpha value is -2.33. The molecule has 0 bridgehead atoms. The summed E-state index contributed by atoms with van der Waals surface area (Å²) in [7, 11) is 1.60. The number of benzene rings is 2. The fourth-order valence-corrected chi connectivity index (χ4v) is 2.28. The van der Waals surface area contributed by atoms with E-state index in [1.165, 1.54) is 5.56 Å². The zero-order valence-electron chi connectivity index (χ0n) is 13.2. The standard InChI is InChI=1S/C18H22N2O2/c1-18(2,14-9-5-4-6-10-14)13-19-17(20-21)15-11-7-8-12-16(15)22-3/h4-12,21H,13H2,1-3H3,(H,19,20). The lowest BCUT2D eigenvalue weighted by Gasteiger charge is -2.23. The zero-order valence-corrected chi connectivity index (χ0v) is 13.2. The molecule has 4 nitrogen and oxygen atoms in total. The summed E-state index contributed by atoms with van der Waals surface area (Å²) in [5.74, 6) is 1.07. The average molecular weight is 298 g/mol. The summed E-state index contributed by atoms with van der Waals surface area (Å²) in [6.07, 6.45) is 0. The SMILES string of the molecule is COc1ccccc1C(=NCC(C)(C)c1ccccc1)NO. The highest BCUT2D eigenvalue weighted by molar-refractivity contribution is 6.00. The van der Waals surface area contributed by atoms with Crippen molar-refractivity contribution in [3.8, 4) is 5.75 Å². The highest BCUT2D eigenvalue weighted by atomic mass is 16.5. The van der Waals surface area contributed by atoms with Crippen molar-refractivity contribution in [3.05, 3.63) is 65.7 Å². The van der Waals surface area contributed by atoms with Crippen LogP contribution in [-0.2, 0) is 5.41 Å². The molecule has 0 radical (unpaired) electrons. The van der Waals surface area contributed by atoms with Gasteiger partial charge in [-0.05, 0) is 17.7 Å². The molecule has 0 saturated carbocycles.